The van der Waals surface area contributed by atoms with Crippen molar-refractivity contribution in [3.05, 3.63) is 36.7 Å². The number of aromatic nitrogens is 5. The molecule has 1 saturated carbocycles. The second kappa shape index (κ2) is 7.56. The first-order valence-corrected chi connectivity index (χ1v) is 10.0. The Labute approximate surface area is 172 Å². The Bertz CT molecular complexity index is 1200. The third kappa shape index (κ3) is 3.24. The summed E-state index contributed by atoms with van der Waals surface area (Å²) < 4.78 is 26.4. The molecule has 4 heterocycles. The average Bonchev–Trinajstić information content (AvgIpc) is 3.37. The van der Waals surface area contributed by atoms with E-state index in [0.717, 1.165) is 42.2 Å². The number of hydrogen-bond acceptors (Lipinski definition) is 6. The molecule has 9 heteroatoms. The monoisotopic (exact) mass is 410 g/mol. The fourth-order valence-corrected chi connectivity index (χ4v) is 4.18. The summed E-state index contributed by atoms with van der Waals surface area (Å²) in [5.41, 5.74) is 2.86. The number of fused-ring (bicyclic) bond motifs is 2. The lowest BCUT2D eigenvalue weighted by Crippen LogP contribution is -2.29. The Hall–Kier alpha value is -3.20. The lowest BCUT2D eigenvalue weighted by atomic mass is 9.93. The minimum atomic E-state index is -0.412. The molecular formula is C21H23FN6O2. The van der Waals surface area contributed by atoms with Crippen molar-refractivity contribution >= 4 is 22.6 Å². The number of pyridine rings is 1. The fraction of sp³-hybridized carbons (Fsp3) is 0.381. The highest BCUT2D eigenvalue weighted by Crippen LogP contribution is 2.35. The van der Waals surface area contributed by atoms with E-state index >= 15 is 0 Å². The number of nitrogens with zero attached hydrogens (tertiary/aromatic N) is 4. The van der Waals surface area contributed by atoms with Gasteiger partial charge in [-0.1, -0.05) is 0 Å². The molecule has 156 valence electrons. The lowest BCUT2D eigenvalue weighted by molar-refractivity contribution is 0.0681. The van der Waals surface area contributed by atoms with Crippen LogP contribution in [0, 0.1) is 5.95 Å². The van der Waals surface area contributed by atoms with Crippen LogP contribution in [-0.2, 0) is 4.74 Å². The smallest absolute Gasteiger partial charge is 0.228 e. The van der Waals surface area contributed by atoms with Crippen LogP contribution < -0.4 is 10.1 Å². The van der Waals surface area contributed by atoms with E-state index in [1.165, 1.54) is 10.6 Å². The predicted molar refractivity (Wildman–Crippen MR) is 111 cm³/mol. The first-order valence-electron chi connectivity index (χ1n) is 10.0. The molecule has 0 spiro atoms. The minimum Gasteiger partial charge on any atom is -0.480 e. The molecule has 0 saturated heterocycles. The van der Waals surface area contributed by atoms with Crippen LogP contribution in [0.15, 0.2) is 30.7 Å². The van der Waals surface area contributed by atoms with Crippen molar-refractivity contribution in [3.8, 4) is 17.0 Å². The maximum Gasteiger partial charge on any atom is 0.228 e. The van der Waals surface area contributed by atoms with Gasteiger partial charge in [0.25, 0.3) is 0 Å². The third-order valence-corrected chi connectivity index (χ3v) is 5.80. The van der Waals surface area contributed by atoms with Crippen LogP contribution in [0.1, 0.15) is 25.7 Å². The Kier molecular flexibility index (Phi) is 4.74. The summed E-state index contributed by atoms with van der Waals surface area (Å²) >= 11 is 0. The van der Waals surface area contributed by atoms with Crippen LogP contribution in [0.2, 0.25) is 0 Å². The molecule has 5 rings (SSSR count). The van der Waals surface area contributed by atoms with Gasteiger partial charge < -0.3 is 19.8 Å². The second-order valence-corrected chi connectivity index (χ2v) is 7.56. The Balaban J connectivity index is 1.49. The van der Waals surface area contributed by atoms with Crippen LogP contribution in [-0.4, -0.2) is 50.7 Å². The lowest BCUT2D eigenvalue weighted by Gasteiger charge is -2.28. The zero-order valence-electron chi connectivity index (χ0n) is 16.9. The van der Waals surface area contributed by atoms with Crippen molar-refractivity contribution in [2.45, 2.75) is 37.8 Å². The zero-order chi connectivity index (χ0) is 20.7. The number of hydrogen-bond donors (Lipinski definition) is 2. The molecule has 0 atom stereocenters. The molecule has 1 aliphatic carbocycles. The number of rotatable bonds is 5. The number of nitrogens with one attached hydrogen (secondary N) is 2. The van der Waals surface area contributed by atoms with E-state index < -0.39 is 5.95 Å². The van der Waals surface area contributed by atoms with E-state index in [0.29, 0.717) is 35.3 Å². The highest BCUT2D eigenvalue weighted by molar-refractivity contribution is 5.97. The van der Waals surface area contributed by atoms with E-state index in [1.807, 2.05) is 12.3 Å². The van der Waals surface area contributed by atoms with Crippen molar-refractivity contribution in [2.24, 2.45) is 0 Å². The van der Waals surface area contributed by atoms with Gasteiger partial charge >= 0.3 is 0 Å². The molecule has 8 nitrogen and oxygen atoms in total. The van der Waals surface area contributed by atoms with E-state index in [2.05, 4.69) is 25.3 Å². The van der Waals surface area contributed by atoms with Gasteiger partial charge in [0.05, 0.1) is 24.8 Å². The number of ether oxygens (including phenoxy) is 2. The molecule has 1 fully saturated rings. The second-order valence-electron chi connectivity index (χ2n) is 7.56. The van der Waals surface area contributed by atoms with Crippen molar-refractivity contribution in [1.82, 2.24) is 24.3 Å². The predicted octanol–water partition coefficient (Wildman–Crippen LogP) is 3.79. The zero-order valence-corrected chi connectivity index (χ0v) is 16.9. The maximum absolute atomic E-state index is 14.0. The molecule has 4 aromatic rings. The summed E-state index contributed by atoms with van der Waals surface area (Å²) in [6.45, 7) is 0. The number of anilines is 1. The van der Waals surface area contributed by atoms with Crippen molar-refractivity contribution in [3.63, 3.8) is 0 Å². The quantitative estimate of drug-likeness (QED) is 0.520. The van der Waals surface area contributed by atoms with Gasteiger partial charge in [-0.15, -0.1) is 0 Å². The molecular weight excluding hydrogens is 387 g/mol. The van der Waals surface area contributed by atoms with Gasteiger partial charge in [-0.3, -0.25) is 4.40 Å². The summed E-state index contributed by atoms with van der Waals surface area (Å²) in [7, 11) is 3.35. The molecule has 0 aliphatic heterocycles. The van der Waals surface area contributed by atoms with Gasteiger partial charge in [-0.2, -0.15) is 14.4 Å². The van der Waals surface area contributed by atoms with Gasteiger partial charge in [0.2, 0.25) is 17.8 Å². The molecule has 0 aromatic carbocycles. The van der Waals surface area contributed by atoms with Crippen molar-refractivity contribution < 1.29 is 13.9 Å². The molecule has 0 radical (unpaired) electrons. The highest BCUT2D eigenvalue weighted by Gasteiger charge is 2.23. The largest absolute Gasteiger partial charge is 0.480 e. The van der Waals surface area contributed by atoms with E-state index in [-0.39, 0.29) is 0 Å². The van der Waals surface area contributed by atoms with Gasteiger partial charge in [0.1, 0.15) is 11.3 Å². The number of methoxy groups -OCH3 is 2. The SMILES string of the molecule is COc1nc(N[C@H]2CC[C@@H](OC)CC2)nc2[nH]cc(-c3ccc4ncc(F)n4c3)c12. The minimum absolute atomic E-state index is 0.305. The summed E-state index contributed by atoms with van der Waals surface area (Å²) in [6, 6.07) is 3.97. The molecule has 4 aromatic heterocycles. The van der Waals surface area contributed by atoms with Crippen LogP contribution in [0.3, 0.4) is 0 Å². The van der Waals surface area contributed by atoms with Crippen molar-refractivity contribution in [2.75, 3.05) is 19.5 Å². The molecule has 0 unspecified atom stereocenters. The topological polar surface area (TPSA) is 89.4 Å². The van der Waals surface area contributed by atoms with E-state index in [9.17, 15) is 4.39 Å². The maximum atomic E-state index is 14.0. The Morgan fingerprint density at radius 3 is 2.77 bits per heavy atom. The molecule has 2 N–H and O–H groups in total. The standard InChI is InChI=1S/C21H23FN6O2/c1-29-14-6-4-13(5-7-14)25-21-26-19-18(20(27-21)30-2)15(9-24-19)12-3-8-17-23-10-16(22)28(17)11-12/h3,8-11,13-14H,4-7H2,1-2H3,(H2,24,25,26,27)/t13-,14+. The molecule has 30 heavy (non-hydrogen) atoms. The normalized spacial score (nSPS) is 19.4. The summed E-state index contributed by atoms with van der Waals surface area (Å²) in [5.74, 6) is 0.588. The molecule has 0 amide bonds. The average molecular weight is 410 g/mol. The van der Waals surface area contributed by atoms with E-state index in [1.54, 1.807) is 26.5 Å². The third-order valence-electron chi connectivity index (χ3n) is 5.80. The molecule has 1 aliphatic rings. The van der Waals surface area contributed by atoms with Gasteiger partial charge in [-0.25, -0.2) is 4.98 Å². The van der Waals surface area contributed by atoms with Crippen LogP contribution in [0.25, 0.3) is 27.8 Å². The number of H-pyrrole nitrogens is 1. The number of imidazole rings is 1. The van der Waals surface area contributed by atoms with Gasteiger partial charge in [-0.05, 0) is 37.8 Å². The van der Waals surface area contributed by atoms with Crippen LogP contribution in [0.5, 0.6) is 5.88 Å². The van der Waals surface area contributed by atoms with Gasteiger partial charge in [0, 0.05) is 36.7 Å². The highest BCUT2D eigenvalue weighted by atomic mass is 19.1. The number of aromatic amines is 1. The first-order chi connectivity index (χ1) is 14.7. The van der Waals surface area contributed by atoms with Gasteiger partial charge in [0.15, 0.2) is 0 Å². The first kappa shape index (κ1) is 18.8. The van der Waals surface area contributed by atoms with Crippen LogP contribution in [0.4, 0.5) is 10.3 Å². The Morgan fingerprint density at radius 1 is 1.17 bits per heavy atom. The fourth-order valence-electron chi connectivity index (χ4n) is 4.18. The molecule has 0 bridgehead atoms. The van der Waals surface area contributed by atoms with Crippen LogP contribution >= 0.6 is 0 Å². The van der Waals surface area contributed by atoms with E-state index in [4.69, 9.17) is 9.47 Å². The van der Waals surface area contributed by atoms with Crippen molar-refractivity contribution in [1.29, 1.82) is 0 Å². The summed E-state index contributed by atoms with van der Waals surface area (Å²) in [6.07, 6.45) is 9.15. The summed E-state index contributed by atoms with van der Waals surface area (Å²) in [5, 5.41) is 4.19. The number of halogens is 1. The summed E-state index contributed by atoms with van der Waals surface area (Å²) in [4.78, 5) is 16.5. The Morgan fingerprint density at radius 2 is 2.00 bits per heavy atom.